The minimum atomic E-state index is 0.877. The van der Waals surface area contributed by atoms with Crippen LogP contribution in [-0.4, -0.2) is 18.8 Å². The first-order chi connectivity index (χ1) is 7.43. The lowest BCUT2D eigenvalue weighted by Crippen LogP contribution is -2.11. The first-order valence-electron chi connectivity index (χ1n) is 5.88. The smallest absolute Gasteiger partial charge is 0.0107 e. The third kappa shape index (κ3) is 1.93. The average Bonchev–Trinajstić information content (AvgIpc) is 2.87. The normalized spacial score (nSPS) is 24.4. The van der Waals surface area contributed by atoms with E-state index in [0.717, 1.165) is 5.92 Å². The Labute approximate surface area is 95.6 Å². The largest absolute Gasteiger partial charge is 0.316 e. The van der Waals surface area contributed by atoms with Crippen molar-refractivity contribution in [1.29, 1.82) is 0 Å². The minimum absolute atomic E-state index is 0.877. The Hall–Kier alpha value is -0.470. The first kappa shape index (κ1) is 9.73. The summed E-state index contributed by atoms with van der Waals surface area (Å²) in [4.78, 5) is 1.54. The number of nitrogens with one attached hydrogen (secondary N) is 1. The van der Waals surface area contributed by atoms with Crippen LogP contribution in [0.2, 0.25) is 0 Å². The molecule has 0 aromatic heterocycles. The van der Waals surface area contributed by atoms with Gasteiger partial charge in [-0.25, -0.2) is 0 Å². The summed E-state index contributed by atoms with van der Waals surface area (Å²) in [5, 5.41) is 3.46. The molecule has 1 unspecified atom stereocenters. The predicted octanol–water partition coefficient (Wildman–Crippen LogP) is 2.49. The van der Waals surface area contributed by atoms with E-state index >= 15 is 0 Å². The van der Waals surface area contributed by atoms with Crippen molar-refractivity contribution in [2.75, 3.05) is 18.8 Å². The van der Waals surface area contributed by atoms with Crippen LogP contribution in [0.1, 0.15) is 17.5 Å². The van der Waals surface area contributed by atoms with Crippen LogP contribution in [0.3, 0.4) is 0 Å². The molecular weight excluding hydrogens is 202 g/mol. The van der Waals surface area contributed by atoms with Crippen molar-refractivity contribution in [2.24, 2.45) is 5.92 Å². The molecule has 0 radical (unpaired) electrons. The van der Waals surface area contributed by atoms with E-state index in [4.69, 9.17) is 0 Å². The van der Waals surface area contributed by atoms with Crippen LogP contribution >= 0.6 is 11.8 Å². The third-order valence-electron chi connectivity index (χ3n) is 3.51. The van der Waals surface area contributed by atoms with Gasteiger partial charge in [-0.05, 0) is 55.5 Å². The standard InChI is InChI=1S/C13H17NS/c1-2-11(8-10-4-6-14-9-10)12-5-7-15-13(12)3-1/h1-3,10,14H,4-9H2. The van der Waals surface area contributed by atoms with Crippen molar-refractivity contribution >= 4 is 11.8 Å². The molecule has 0 spiro atoms. The van der Waals surface area contributed by atoms with Crippen LogP contribution in [0.4, 0.5) is 0 Å². The van der Waals surface area contributed by atoms with E-state index in [0.29, 0.717) is 0 Å². The summed E-state index contributed by atoms with van der Waals surface area (Å²) in [6.07, 6.45) is 3.93. The van der Waals surface area contributed by atoms with Crippen LogP contribution in [0.25, 0.3) is 0 Å². The number of rotatable bonds is 2. The molecule has 0 bridgehead atoms. The maximum Gasteiger partial charge on any atom is 0.0107 e. The van der Waals surface area contributed by atoms with Gasteiger partial charge in [0.05, 0.1) is 0 Å². The quantitative estimate of drug-likeness (QED) is 0.820. The minimum Gasteiger partial charge on any atom is -0.316 e. The molecule has 0 amide bonds. The topological polar surface area (TPSA) is 12.0 Å². The lowest BCUT2D eigenvalue weighted by atomic mass is 9.94. The Bertz CT molecular complexity index is 356. The first-order valence-corrected chi connectivity index (χ1v) is 6.86. The molecule has 2 aliphatic rings. The molecule has 1 N–H and O–H groups in total. The van der Waals surface area contributed by atoms with Gasteiger partial charge in [0.25, 0.3) is 0 Å². The third-order valence-corrected chi connectivity index (χ3v) is 4.61. The Morgan fingerprint density at radius 2 is 2.40 bits per heavy atom. The van der Waals surface area contributed by atoms with Gasteiger partial charge in [0.2, 0.25) is 0 Å². The summed E-state index contributed by atoms with van der Waals surface area (Å²) in [7, 11) is 0. The van der Waals surface area contributed by atoms with Crippen molar-refractivity contribution in [3.8, 4) is 0 Å². The highest BCUT2D eigenvalue weighted by molar-refractivity contribution is 7.99. The van der Waals surface area contributed by atoms with Crippen molar-refractivity contribution in [2.45, 2.75) is 24.2 Å². The van der Waals surface area contributed by atoms with Crippen LogP contribution in [0.15, 0.2) is 23.1 Å². The molecule has 2 heterocycles. The molecule has 0 saturated carbocycles. The second kappa shape index (κ2) is 4.18. The molecule has 2 heteroatoms. The zero-order valence-electron chi connectivity index (χ0n) is 8.96. The van der Waals surface area contributed by atoms with Crippen LogP contribution in [0, 0.1) is 5.92 Å². The van der Waals surface area contributed by atoms with Crippen molar-refractivity contribution in [3.63, 3.8) is 0 Å². The summed E-state index contributed by atoms with van der Waals surface area (Å²) in [6, 6.07) is 6.85. The number of thioether (sulfide) groups is 1. The summed E-state index contributed by atoms with van der Waals surface area (Å²) in [5.74, 6) is 2.16. The second-order valence-electron chi connectivity index (χ2n) is 4.56. The number of benzene rings is 1. The maximum atomic E-state index is 3.46. The van der Waals surface area contributed by atoms with E-state index in [2.05, 4.69) is 23.5 Å². The van der Waals surface area contributed by atoms with Gasteiger partial charge in [0.1, 0.15) is 0 Å². The molecule has 0 aliphatic carbocycles. The van der Waals surface area contributed by atoms with E-state index in [-0.39, 0.29) is 0 Å². The summed E-state index contributed by atoms with van der Waals surface area (Å²) >= 11 is 2.02. The second-order valence-corrected chi connectivity index (χ2v) is 5.69. The van der Waals surface area contributed by atoms with Gasteiger partial charge in [0.15, 0.2) is 0 Å². The zero-order valence-corrected chi connectivity index (χ0v) is 9.78. The fourth-order valence-electron chi connectivity index (χ4n) is 2.68. The van der Waals surface area contributed by atoms with E-state index < -0.39 is 0 Å². The zero-order chi connectivity index (χ0) is 10.1. The van der Waals surface area contributed by atoms with Crippen molar-refractivity contribution < 1.29 is 0 Å². The molecule has 1 aromatic rings. The van der Waals surface area contributed by atoms with Gasteiger partial charge in [-0.2, -0.15) is 0 Å². The Morgan fingerprint density at radius 3 is 3.27 bits per heavy atom. The monoisotopic (exact) mass is 219 g/mol. The maximum absolute atomic E-state index is 3.46. The lowest BCUT2D eigenvalue weighted by Gasteiger charge is -2.11. The van der Waals surface area contributed by atoms with Gasteiger partial charge in [0, 0.05) is 10.6 Å². The van der Waals surface area contributed by atoms with Crippen molar-refractivity contribution in [3.05, 3.63) is 29.3 Å². The lowest BCUT2D eigenvalue weighted by molar-refractivity contribution is 0.577. The van der Waals surface area contributed by atoms with E-state index in [1.54, 1.807) is 16.0 Å². The predicted molar refractivity (Wildman–Crippen MR) is 65.6 cm³/mol. The fourth-order valence-corrected chi connectivity index (χ4v) is 3.79. The van der Waals surface area contributed by atoms with E-state index in [1.807, 2.05) is 11.8 Å². The summed E-state index contributed by atoms with van der Waals surface area (Å²) in [5.41, 5.74) is 3.26. The highest BCUT2D eigenvalue weighted by atomic mass is 32.2. The molecule has 2 aliphatic heterocycles. The highest BCUT2D eigenvalue weighted by Crippen LogP contribution is 2.34. The average molecular weight is 219 g/mol. The SMILES string of the molecule is c1cc(CC2CCNC2)c2c(c1)SCC2. The molecule has 1 aromatic carbocycles. The fraction of sp³-hybridized carbons (Fsp3) is 0.538. The van der Waals surface area contributed by atoms with Gasteiger partial charge in [-0.1, -0.05) is 12.1 Å². The van der Waals surface area contributed by atoms with E-state index in [9.17, 15) is 0 Å². The summed E-state index contributed by atoms with van der Waals surface area (Å²) < 4.78 is 0. The summed E-state index contributed by atoms with van der Waals surface area (Å²) in [6.45, 7) is 2.44. The Balaban J connectivity index is 1.82. The van der Waals surface area contributed by atoms with Gasteiger partial charge in [-0.3, -0.25) is 0 Å². The highest BCUT2D eigenvalue weighted by Gasteiger charge is 2.19. The number of fused-ring (bicyclic) bond motifs is 1. The van der Waals surface area contributed by atoms with Crippen LogP contribution in [0.5, 0.6) is 0 Å². The number of hydrogen-bond acceptors (Lipinski definition) is 2. The van der Waals surface area contributed by atoms with Gasteiger partial charge in [-0.15, -0.1) is 11.8 Å². The molecule has 1 fully saturated rings. The Morgan fingerprint density at radius 1 is 1.40 bits per heavy atom. The molecule has 15 heavy (non-hydrogen) atoms. The van der Waals surface area contributed by atoms with Crippen LogP contribution < -0.4 is 5.32 Å². The van der Waals surface area contributed by atoms with Crippen molar-refractivity contribution in [1.82, 2.24) is 5.32 Å². The van der Waals surface area contributed by atoms with Crippen LogP contribution in [-0.2, 0) is 12.8 Å². The molecule has 1 saturated heterocycles. The molecular formula is C13H17NS. The molecule has 1 atom stereocenters. The van der Waals surface area contributed by atoms with Gasteiger partial charge >= 0.3 is 0 Å². The van der Waals surface area contributed by atoms with E-state index in [1.165, 1.54) is 38.1 Å². The number of hydrogen-bond donors (Lipinski definition) is 1. The molecule has 80 valence electrons. The Kier molecular flexibility index (Phi) is 2.72. The molecule has 1 nitrogen and oxygen atoms in total. The van der Waals surface area contributed by atoms with Gasteiger partial charge < -0.3 is 5.32 Å². The molecule has 3 rings (SSSR count).